The molecule has 21 heavy (non-hydrogen) atoms. The summed E-state index contributed by atoms with van der Waals surface area (Å²) in [5.74, 6) is 0.879. The van der Waals surface area contributed by atoms with Gasteiger partial charge in [-0.1, -0.05) is 36.4 Å². The second-order valence-electron chi connectivity index (χ2n) is 4.81. The highest BCUT2D eigenvalue weighted by Gasteiger charge is 2.16. The highest BCUT2D eigenvalue weighted by Crippen LogP contribution is 2.31. The molecule has 2 aromatic rings. The summed E-state index contributed by atoms with van der Waals surface area (Å²) >= 11 is 6.65. The molecule has 2 nitrogen and oxygen atoms in total. The largest absolute Gasteiger partial charge is 0.494 e. The van der Waals surface area contributed by atoms with Gasteiger partial charge in [-0.25, -0.2) is 0 Å². The van der Waals surface area contributed by atoms with Crippen LogP contribution in [-0.2, 0) is 0 Å². The molecular weight excluding hydrogens is 282 g/mol. The molecule has 0 spiro atoms. The molecule has 0 aliphatic carbocycles. The zero-order valence-corrected chi connectivity index (χ0v) is 13.4. The minimum absolute atomic E-state index is 0.104. The number of hydrogen-bond donors (Lipinski definition) is 0. The van der Waals surface area contributed by atoms with E-state index in [0.717, 1.165) is 24.4 Å². The van der Waals surface area contributed by atoms with E-state index in [2.05, 4.69) is 36.1 Å². The van der Waals surface area contributed by atoms with Gasteiger partial charge in [0, 0.05) is 24.3 Å². The first kappa shape index (κ1) is 15.7. The van der Waals surface area contributed by atoms with Gasteiger partial charge in [-0.05, 0) is 32.0 Å². The van der Waals surface area contributed by atoms with Gasteiger partial charge in [0.1, 0.15) is 5.75 Å². The van der Waals surface area contributed by atoms with Crippen molar-refractivity contribution in [2.24, 2.45) is 0 Å². The number of ether oxygens (including phenoxy) is 1. The molecular formula is C18H22ClNO. The van der Waals surface area contributed by atoms with Gasteiger partial charge in [-0.3, -0.25) is 0 Å². The quantitative estimate of drug-likeness (QED) is 0.675. The normalized spacial score (nSPS) is 12.0. The van der Waals surface area contributed by atoms with Crippen molar-refractivity contribution in [2.75, 3.05) is 24.6 Å². The van der Waals surface area contributed by atoms with Crippen molar-refractivity contribution in [3.05, 3.63) is 60.2 Å². The van der Waals surface area contributed by atoms with Crippen LogP contribution in [0.25, 0.3) is 0 Å². The standard InChI is InChI=1S/C18H22ClNO/c1-3-20(15-10-6-5-7-11-15)14-17(19)16-12-8-9-13-18(16)21-4-2/h5-13,17H,3-4,14H2,1-2H3. The van der Waals surface area contributed by atoms with Gasteiger partial charge >= 0.3 is 0 Å². The maximum absolute atomic E-state index is 6.65. The summed E-state index contributed by atoms with van der Waals surface area (Å²) < 4.78 is 5.68. The molecule has 0 N–H and O–H groups in total. The Morgan fingerprint density at radius 2 is 1.67 bits per heavy atom. The first-order valence-corrected chi connectivity index (χ1v) is 7.85. The Bertz CT molecular complexity index is 544. The number of nitrogens with zero attached hydrogens (tertiary/aromatic N) is 1. The maximum atomic E-state index is 6.65. The maximum Gasteiger partial charge on any atom is 0.124 e. The predicted octanol–water partition coefficient (Wildman–Crippen LogP) is 4.89. The summed E-state index contributed by atoms with van der Waals surface area (Å²) in [4.78, 5) is 2.28. The van der Waals surface area contributed by atoms with Gasteiger partial charge in [-0.15, -0.1) is 11.6 Å². The third-order valence-electron chi connectivity index (χ3n) is 3.44. The Hall–Kier alpha value is -1.67. The number of rotatable bonds is 7. The molecule has 0 bridgehead atoms. The first-order chi connectivity index (χ1) is 10.3. The van der Waals surface area contributed by atoms with Crippen molar-refractivity contribution in [1.82, 2.24) is 0 Å². The molecule has 0 saturated heterocycles. The van der Waals surface area contributed by atoms with E-state index in [4.69, 9.17) is 16.3 Å². The van der Waals surface area contributed by atoms with Crippen molar-refractivity contribution in [3.63, 3.8) is 0 Å². The van der Waals surface area contributed by atoms with Gasteiger partial charge in [-0.2, -0.15) is 0 Å². The summed E-state index contributed by atoms with van der Waals surface area (Å²) in [6, 6.07) is 18.4. The van der Waals surface area contributed by atoms with Crippen LogP contribution in [0.3, 0.4) is 0 Å². The van der Waals surface area contributed by atoms with E-state index in [1.54, 1.807) is 0 Å². The molecule has 0 aliphatic rings. The number of alkyl halides is 1. The van der Waals surface area contributed by atoms with Crippen molar-refractivity contribution >= 4 is 17.3 Å². The zero-order chi connectivity index (χ0) is 15.1. The van der Waals surface area contributed by atoms with Crippen LogP contribution in [0.15, 0.2) is 54.6 Å². The second-order valence-corrected chi connectivity index (χ2v) is 5.34. The van der Waals surface area contributed by atoms with Crippen LogP contribution in [0.1, 0.15) is 24.8 Å². The molecule has 1 unspecified atom stereocenters. The van der Waals surface area contributed by atoms with E-state index in [9.17, 15) is 0 Å². The summed E-state index contributed by atoms with van der Waals surface area (Å²) in [7, 11) is 0. The monoisotopic (exact) mass is 303 g/mol. The molecule has 0 amide bonds. The van der Waals surface area contributed by atoms with Crippen LogP contribution in [-0.4, -0.2) is 19.7 Å². The molecule has 2 rings (SSSR count). The van der Waals surface area contributed by atoms with Crippen molar-refractivity contribution < 1.29 is 4.74 Å². The van der Waals surface area contributed by atoms with Crippen molar-refractivity contribution in [2.45, 2.75) is 19.2 Å². The van der Waals surface area contributed by atoms with Gasteiger partial charge in [0.25, 0.3) is 0 Å². The molecule has 1 atom stereocenters. The summed E-state index contributed by atoms with van der Waals surface area (Å²) in [5, 5.41) is -0.104. The Morgan fingerprint density at radius 1 is 1.00 bits per heavy atom. The van der Waals surface area contributed by atoms with Gasteiger partial charge in [0.05, 0.1) is 12.0 Å². The average Bonchev–Trinajstić information content (AvgIpc) is 2.54. The Balaban J connectivity index is 2.15. The lowest BCUT2D eigenvalue weighted by Gasteiger charge is -2.26. The van der Waals surface area contributed by atoms with E-state index < -0.39 is 0 Å². The minimum Gasteiger partial charge on any atom is -0.494 e. The van der Waals surface area contributed by atoms with E-state index in [1.165, 1.54) is 5.69 Å². The van der Waals surface area contributed by atoms with E-state index >= 15 is 0 Å². The van der Waals surface area contributed by atoms with Crippen LogP contribution in [0.5, 0.6) is 5.75 Å². The number of likely N-dealkylation sites (N-methyl/N-ethyl adjacent to an activating group) is 1. The van der Waals surface area contributed by atoms with E-state index in [0.29, 0.717) is 6.61 Å². The van der Waals surface area contributed by atoms with Gasteiger partial charge in [0.2, 0.25) is 0 Å². The van der Waals surface area contributed by atoms with Crippen LogP contribution in [0, 0.1) is 0 Å². The number of para-hydroxylation sites is 2. The number of benzene rings is 2. The fraction of sp³-hybridized carbons (Fsp3) is 0.333. The number of halogens is 1. The van der Waals surface area contributed by atoms with Crippen LogP contribution < -0.4 is 9.64 Å². The van der Waals surface area contributed by atoms with Crippen LogP contribution in [0.2, 0.25) is 0 Å². The molecule has 112 valence electrons. The highest BCUT2D eigenvalue weighted by molar-refractivity contribution is 6.21. The van der Waals surface area contributed by atoms with Crippen molar-refractivity contribution in [3.8, 4) is 5.75 Å². The summed E-state index contributed by atoms with van der Waals surface area (Å²) in [6.07, 6.45) is 0. The summed E-state index contributed by atoms with van der Waals surface area (Å²) in [6.45, 7) is 6.46. The average molecular weight is 304 g/mol. The number of hydrogen-bond acceptors (Lipinski definition) is 2. The Morgan fingerprint density at radius 3 is 2.33 bits per heavy atom. The molecule has 0 saturated carbocycles. The van der Waals surface area contributed by atoms with Crippen LogP contribution in [0.4, 0.5) is 5.69 Å². The molecule has 0 aromatic heterocycles. The smallest absolute Gasteiger partial charge is 0.124 e. The number of anilines is 1. The lowest BCUT2D eigenvalue weighted by molar-refractivity contribution is 0.336. The zero-order valence-electron chi connectivity index (χ0n) is 12.6. The molecule has 2 aromatic carbocycles. The molecule has 0 radical (unpaired) electrons. The fourth-order valence-electron chi connectivity index (χ4n) is 2.37. The minimum atomic E-state index is -0.104. The molecule has 3 heteroatoms. The lowest BCUT2D eigenvalue weighted by Crippen LogP contribution is -2.26. The third-order valence-corrected chi connectivity index (χ3v) is 3.81. The topological polar surface area (TPSA) is 12.5 Å². The highest BCUT2D eigenvalue weighted by atomic mass is 35.5. The van der Waals surface area contributed by atoms with E-state index in [1.807, 2.05) is 37.3 Å². The van der Waals surface area contributed by atoms with E-state index in [-0.39, 0.29) is 5.38 Å². The van der Waals surface area contributed by atoms with Crippen LogP contribution >= 0.6 is 11.6 Å². The summed E-state index contributed by atoms with van der Waals surface area (Å²) in [5.41, 5.74) is 2.25. The van der Waals surface area contributed by atoms with Gasteiger partial charge < -0.3 is 9.64 Å². The SMILES string of the molecule is CCOc1ccccc1C(Cl)CN(CC)c1ccccc1. The second kappa shape index (κ2) is 7.94. The molecule has 0 heterocycles. The fourth-order valence-corrected chi connectivity index (χ4v) is 2.72. The molecule has 0 fully saturated rings. The predicted molar refractivity (Wildman–Crippen MR) is 90.5 cm³/mol. The Kier molecular flexibility index (Phi) is 5.94. The van der Waals surface area contributed by atoms with Gasteiger partial charge in [0.15, 0.2) is 0 Å². The first-order valence-electron chi connectivity index (χ1n) is 7.42. The lowest BCUT2D eigenvalue weighted by atomic mass is 10.1. The van der Waals surface area contributed by atoms with Crippen molar-refractivity contribution in [1.29, 1.82) is 0 Å². The Labute approximate surface area is 132 Å². The molecule has 0 aliphatic heterocycles. The third kappa shape index (κ3) is 4.15.